The van der Waals surface area contributed by atoms with E-state index in [4.69, 9.17) is 5.73 Å². The van der Waals surface area contributed by atoms with E-state index in [2.05, 4.69) is 15.9 Å². The van der Waals surface area contributed by atoms with E-state index < -0.39 is 11.9 Å². The van der Waals surface area contributed by atoms with Crippen LogP contribution in [0.5, 0.6) is 5.75 Å². The van der Waals surface area contributed by atoms with Gasteiger partial charge in [0.05, 0.1) is 0 Å². The number of hydrogen-bond donors (Lipinski definition) is 2. The molecule has 0 saturated carbocycles. The second-order valence-corrected chi connectivity index (χ2v) is 3.83. The Morgan fingerprint density at radius 2 is 2.15 bits per heavy atom. The van der Waals surface area contributed by atoms with E-state index in [9.17, 15) is 9.50 Å². The molecular formula is C9H11BrFNO. The topological polar surface area (TPSA) is 46.2 Å². The molecular weight excluding hydrogens is 237 g/mol. The molecule has 0 heterocycles. The van der Waals surface area contributed by atoms with Crippen LogP contribution in [0.25, 0.3) is 0 Å². The highest BCUT2D eigenvalue weighted by atomic mass is 79.9. The predicted octanol–water partition coefficient (Wildman–Crippen LogP) is 2.62. The lowest BCUT2D eigenvalue weighted by Crippen LogP contribution is -2.07. The Morgan fingerprint density at radius 1 is 1.62 bits per heavy atom. The number of aryl methyl sites for hydroxylation is 1. The third kappa shape index (κ3) is 1.84. The van der Waals surface area contributed by atoms with Crippen LogP contribution in [0.4, 0.5) is 4.39 Å². The Kier molecular flexibility index (Phi) is 2.93. The zero-order valence-corrected chi connectivity index (χ0v) is 9.02. The number of benzene rings is 1. The molecule has 1 unspecified atom stereocenters. The number of halogens is 2. The highest BCUT2D eigenvalue weighted by molar-refractivity contribution is 9.10. The van der Waals surface area contributed by atoms with E-state index in [0.717, 1.165) is 5.56 Å². The van der Waals surface area contributed by atoms with E-state index >= 15 is 0 Å². The number of hydrogen-bond acceptors (Lipinski definition) is 2. The van der Waals surface area contributed by atoms with Gasteiger partial charge in [0.25, 0.3) is 0 Å². The molecule has 0 aliphatic heterocycles. The first-order chi connectivity index (χ1) is 5.95. The Labute approximate surface area is 84.7 Å². The molecule has 72 valence electrons. The van der Waals surface area contributed by atoms with E-state index in [1.165, 1.54) is 6.07 Å². The van der Waals surface area contributed by atoms with Crippen LogP contribution < -0.4 is 5.73 Å². The Hall–Kier alpha value is -0.610. The summed E-state index contributed by atoms with van der Waals surface area (Å²) in [4.78, 5) is 0. The molecule has 1 aromatic carbocycles. The van der Waals surface area contributed by atoms with Crippen molar-refractivity contribution >= 4 is 15.9 Å². The zero-order chi connectivity index (χ0) is 10.2. The molecule has 0 aliphatic rings. The number of aromatic hydroxyl groups is 1. The van der Waals surface area contributed by atoms with Crippen molar-refractivity contribution in [3.05, 3.63) is 27.5 Å². The van der Waals surface area contributed by atoms with Crippen LogP contribution >= 0.6 is 15.9 Å². The van der Waals surface area contributed by atoms with Crippen LogP contribution in [0.2, 0.25) is 0 Å². The standard InChI is InChI=1S/C9H11BrFNO/c1-4-3-6(11)9(13)7(5(2)12)8(4)10/h3,5,13H,12H2,1-2H3. The highest BCUT2D eigenvalue weighted by Gasteiger charge is 2.16. The highest BCUT2D eigenvalue weighted by Crippen LogP contribution is 2.35. The Bertz CT molecular complexity index is 313. The van der Waals surface area contributed by atoms with Gasteiger partial charge < -0.3 is 10.8 Å². The molecule has 2 nitrogen and oxygen atoms in total. The predicted molar refractivity (Wildman–Crippen MR) is 53.1 cm³/mol. The smallest absolute Gasteiger partial charge is 0.165 e. The summed E-state index contributed by atoms with van der Waals surface area (Å²) in [5, 5.41) is 9.39. The van der Waals surface area contributed by atoms with Gasteiger partial charge in [-0.25, -0.2) is 4.39 Å². The first-order valence-electron chi connectivity index (χ1n) is 3.88. The van der Waals surface area contributed by atoms with Gasteiger partial charge >= 0.3 is 0 Å². The lowest BCUT2D eigenvalue weighted by atomic mass is 10.0. The number of phenols is 1. The van der Waals surface area contributed by atoms with Gasteiger partial charge in [0.1, 0.15) is 0 Å². The maximum atomic E-state index is 13.1. The molecule has 0 bridgehead atoms. The monoisotopic (exact) mass is 247 g/mol. The second-order valence-electron chi connectivity index (χ2n) is 3.04. The minimum Gasteiger partial charge on any atom is -0.505 e. The van der Waals surface area contributed by atoms with Gasteiger partial charge in [-0.3, -0.25) is 0 Å². The summed E-state index contributed by atoms with van der Waals surface area (Å²) in [7, 11) is 0. The molecule has 0 saturated heterocycles. The van der Waals surface area contributed by atoms with Crippen molar-refractivity contribution in [3.8, 4) is 5.75 Å². The minimum absolute atomic E-state index is 0.368. The summed E-state index contributed by atoms with van der Waals surface area (Å²) >= 11 is 3.26. The quantitative estimate of drug-likeness (QED) is 0.802. The largest absolute Gasteiger partial charge is 0.505 e. The van der Waals surface area contributed by atoms with Crippen LogP contribution in [0.15, 0.2) is 10.5 Å². The van der Waals surface area contributed by atoms with Crippen molar-refractivity contribution in [2.75, 3.05) is 0 Å². The maximum absolute atomic E-state index is 13.1. The molecule has 0 spiro atoms. The fourth-order valence-electron chi connectivity index (χ4n) is 1.18. The molecule has 1 atom stereocenters. The first kappa shape index (κ1) is 10.5. The van der Waals surface area contributed by atoms with Crippen molar-refractivity contribution in [1.29, 1.82) is 0 Å². The van der Waals surface area contributed by atoms with Gasteiger partial charge in [-0.2, -0.15) is 0 Å². The van der Waals surface area contributed by atoms with E-state index in [1.54, 1.807) is 13.8 Å². The van der Waals surface area contributed by atoms with Crippen LogP contribution in [0.1, 0.15) is 24.1 Å². The molecule has 1 aromatic rings. The lowest BCUT2D eigenvalue weighted by Gasteiger charge is -2.13. The van der Waals surface area contributed by atoms with Gasteiger partial charge in [0.15, 0.2) is 11.6 Å². The second kappa shape index (κ2) is 3.64. The average molecular weight is 248 g/mol. The van der Waals surface area contributed by atoms with Crippen LogP contribution in [-0.4, -0.2) is 5.11 Å². The fourth-order valence-corrected chi connectivity index (χ4v) is 1.85. The summed E-state index contributed by atoms with van der Waals surface area (Å²) in [6.07, 6.45) is 0. The first-order valence-corrected chi connectivity index (χ1v) is 4.67. The molecule has 4 heteroatoms. The van der Waals surface area contributed by atoms with Crippen LogP contribution in [0, 0.1) is 12.7 Å². The number of nitrogens with two attached hydrogens (primary N) is 1. The van der Waals surface area contributed by atoms with Gasteiger partial charge in [0, 0.05) is 16.1 Å². The number of rotatable bonds is 1. The van der Waals surface area contributed by atoms with Gasteiger partial charge in [0.2, 0.25) is 0 Å². The summed E-state index contributed by atoms with van der Waals surface area (Å²) in [6, 6.07) is 0.870. The Balaban J connectivity index is 3.46. The van der Waals surface area contributed by atoms with E-state index in [1.807, 2.05) is 0 Å². The Morgan fingerprint density at radius 3 is 2.62 bits per heavy atom. The van der Waals surface area contributed by atoms with Gasteiger partial charge in [-0.1, -0.05) is 15.9 Å². The molecule has 0 aromatic heterocycles. The van der Waals surface area contributed by atoms with Gasteiger partial charge in [-0.15, -0.1) is 0 Å². The normalized spacial score (nSPS) is 13.0. The minimum atomic E-state index is -0.631. The van der Waals surface area contributed by atoms with Crippen LogP contribution in [0.3, 0.4) is 0 Å². The molecule has 0 radical (unpaired) electrons. The molecule has 0 amide bonds. The SMILES string of the molecule is Cc1cc(F)c(O)c(C(C)N)c1Br. The van der Waals surface area contributed by atoms with Crippen molar-refractivity contribution in [2.45, 2.75) is 19.9 Å². The van der Waals surface area contributed by atoms with Crippen molar-refractivity contribution in [3.63, 3.8) is 0 Å². The summed E-state index contributed by atoms with van der Waals surface area (Å²) < 4.78 is 13.7. The van der Waals surface area contributed by atoms with E-state index in [-0.39, 0.29) is 5.75 Å². The summed E-state index contributed by atoms with van der Waals surface area (Å²) in [6.45, 7) is 3.44. The molecule has 0 aliphatic carbocycles. The molecule has 1 rings (SSSR count). The zero-order valence-electron chi connectivity index (χ0n) is 7.44. The summed E-state index contributed by atoms with van der Waals surface area (Å²) in [5.41, 5.74) is 6.74. The average Bonchev–Trinajstić information content (AvgIpc) is 2.01. The molecule has 0 fully saturated rings. The van der Waals surface area contributed by atoms with Gasteiger partial charge in [-0.05, 0) is 25.5 Å². The summed E-state index contributed by atoms with van der Waals surface area (Å²) in [5.74, 6) is -1.000. The maximum Gasteiger partial charge on any atom is 0.165 e. The van der Waals surface area contributed by atoms with Crippen molar-refractivity contribution < 1.29 is 9.50 Å². The fraction of sp³-hybridized carbons (Fsp3) is 0.333. The van der Waals surface area contributed by atoms with E-state index in [0.29, 0.717) is 10.0 Å². The third-order valence-corrected chi connectivity index (χ3v) is 2.92. The molecule has 13 heavy (non-hydrogen) atoms. The lowest BCUT2D eigenvalue weighted by molar-refractivity contribution is 0.421. The molecule has 3 N–H and O–H groups in total. The van der Waals surface area contributed by atoms with Crippen LogP contribution in [-0.2, 0) is 0 Å². The third-order valence-electron chi connectivity index (χ3n) is 1.86. The number of phenolic OH excluding ortho intramolecular Hbond substituents is 1. The van der Waals surface area contributed by atoms with Crippen molar-refractivity contribution in [1.82, 2.24) is 0 Å². The van der Waals surface area contributed by atoms with Crippen molar-refractivity contribution in [2.24, 2.45) is 5.73 Å².